The first-order valence-corrected chi connectivity index (χ1v) is 3.97. The highest BCUT2D eigenvalue weighted by Crippen LogP contribution is 2.04. The fourth-order valence-electron chi connectivity index (χ4n) is 0.865. The molecule has 70 valence electrons. The van der Waals surface area contributed by atoms with Crippen LogP contribution in [0.15, 0.2) is 0 Å². The number of rotatable bonds is 0. The van der Waals surface area contributed by atoms with Crippen LogP contribution in [0.4, 0.5) is 0 Å². The number of carboxylic acids is 1. The van der Waals surface area contributed by atoms with Gasteiger partial charge >= 0.3 is 0 Å². The van der Waals surface area contributed by atoms with E-state index in [2.05, 4.69) is 5.32 Å². The van der Waals surface area contributed by atoms with Gasteiger partial charge in [0.15, 0.2) is 0 Å². The number of nitrogens with one attached hydrogen (secondary N) is 1. The highest BCUT2D eigenvalue weighted by Gasteiger charge is 2.15. The normalized spacial score (nSPS) is 22.5. The maximum Gasteiger partial charge on any atom is 0.300 e. The fourth-order valence-corrected chi connectivity index (χ4v) is 0.865. The minimum absolute atomic E-state index is 0.302. The maximum absolute atomic E-state index is 10.7. The van der Waals surface area contributed by atoms with Crippen LogP contribution in [0.3, 0.4) is 0 Å². The van der Waals surface area contributed by atoms with E-state index in [1.54, 1.807) is 0 Å². The lowest BCUT2D eigenvalue weighted by Crippen LogP contribution is -2.35. The van der Waals surface area contributed by atoms with E-state index >= 15 is 0 Å². The average Bonchev–Trinajstić information content (AvgIpc) is 1.94. The van der Waals surface area contributed by atoms with Gasteiger partial charge in [0, 0.05) is 12.8 Å². The lowest BCUT2D eigenvalue weighted by atomic mass is 10.00. The number of hydrogen-bond acceptors (Lipinski definition) is 3. The van der Waals surface area contributed by atoms with Crippen LogP contribution in [0, 0.1) is 5.92 Å². The van der Waals surface area contributed by atoms with Crippen LogP contribution >= 0.6 is 0 Å². The second-order valence-corrected chi connectivity index (χ2v) is 2.85. The van der Waals surface area contributed by atoms with Crippen LogP contribution in [-0.2, 0) is 9.59 Å². The van der Waals surface area contributed by atoms with Crippen molar-refractivity contribution in [3.05, 3.63) is 0 Å². The molecule has 1 aliphatic heterocycles. The van der Waals surface area contributed by atoms with Gasteiger partial charge in [-0.05, 0) is 13.0 Å². The van der Waals surface area contributed by atoms with Crippen molar-refractivity contribution in [3.8, 4) is 0 Å². The number of carboxylic acid groups (broad SMARTS) is 1. The van der Waals surface area contributed by atoms with Crippen molar-refractivity contribution >= 4 is 11.8 Å². The summed E-state index contributed by atoms with van der Waals surface area (Å²) in [6.07, 6.45) is 1.01. The second-order valence-electron chi connectivity index (χ2n) is 2.85. The molecule has 12 heavy (non-hydrogen) atoms. The molecule has 0 aromatic rings. The van der Waals surface area contributed by atoms with E-state index < -0.39 is 5.97 Å². The van der Waals surface area contributed by atoms with Gasteiger partial charge in [0.25, 0.3) is 5.97 Å². The van der Waals surface area contributed by atoms with Gasteiger partial charge in [-0.25, -0.2) is 0 Å². The molecule has 2 N–H and O–H groups in total. The van der Waals surface area contributed by atoms with Crippen molar-refractivity contribution in [1.82, 2.24) is 5.32 Å². The predicted octanol–water partition coefficient (Wildman–Crippen LogP) is 0.276. The zero-order chi connectivity index (χ0) is 9.56. The third-order valence-electron chi connectivity index (χ3n) is 1.60. The first-order chi connectivity index (χ1) is 5.54. The Kier molecular flexibility index (Phi) is 5.28. The molecular formula is C8H15NO3. The number of hydrogen-bond donors (Lipinski definition) is 2. The van der Waals surface area contributed by atoms with Crippen LogP contribution in [-0.4, -0.2) is 29.9 Å². The quantitative estimate of drug-likeness (QED) is 0.552. The second kappa shape index (κ2) is 5.71. The standard InChI is InChI=1S/C6H11NO.C2H4O2/c1-5-2-3-7-4-6(5)8;1-2(3)4/h5,7H,2-4H2,1H3;1H3,(H,3,4). The molecule has 1 aliphatic rings. The molecule has 1 unspecified atom stereocenters. The fraction of sp³-hybridized carbons (Fsp3) is 0.750. The Bertz CT molecular complexity index is 164. The molecule has 1 atom stereocenters. The van der Waals surface area contributed by atoms with Crippen molar-refractivity contribution in [2.75, 3.05) is 13.1 Å². The maximum atomic E-state index is 10.7. The SMILES string of the molecule is CC(=O)O.CC1CCNCC1=O. The van der Waals surface area contributed by atoms with Crippen LogP contribution < -0.4 is 5.32 Å². The molecule has 1 rings (SSSR count). The highest BCUT2D eigenvalue weighted by atomic mass is 16.4. The Balaban J connectivity index is 0.000000261. The van der Waals surface area contributed by atoms with Gasteiger partial charge in [-0.1, -0.05) is 6.92 Å². The number of carbonyl (C=O) groups is 2. The van der Waals surface area contributed by atoms with E-state index in [9.17, 15) is 4.79 Å². The smallest absolute Gasteiger partial charge is 0.300 e. The Hall–Kier alpha value is -0.900. The van der Waals surface area contributed by atoms with Gasteiger partial charge in [-0.2, -0.15) is 0 Å². The summed E-state index contributed by atoms with van der Waals surface area (Å²) in [5.41, 5.74) is 0. The van der Waals surface area contributed by atoms with Crippen molar-refractivity contribution in [3.63, 3.8) is 0 Å². The number of ketones is 1. The summed E-state index contributed by atoms with van der Waals surface area (Å²) < 4.78 is 0. The number of carbonyl (C=O) groups excluding carboxylic acids is 1. The molecule has 1 heterocycles. The van der Waals surface area contributed by atoms with Crippen LogP contribution in [0.5, 0.6) is 0 Å². The van der Waals surface area contributed by atoms with Gasteiger partial charge in [-0.3, -0.25) is 9.59 Å². The molecule has 0 aromatic heterocycles. The van der Waals surface area contributed by atoms with E-state index in [1.807, 2.05) is 6.92 Å². The average molecular weight is 173 g/mol. The van der Waals surface area contributed by atoms with Crippen molar-refractivity contribution in [1.29, 1.82) is 0 Å². The summed E-state index contributed by atoms with van der Waals surface area (Å²) in [6.45, 7) is 4.66. The lowest BCUT2D eigenvalue weighted by molar-refractivity contribution is -0.134. The molecule has 0 bridgehead atoms. The molecular weight excluding hydrogens is 158 g/mol. The number of Topliss-reactive ketones (excluding diaryl/α,β-unsaturated/α-hetero) is 1. The Morgan fingerprint density at radius 2 is 2.17 bits per heavy atom. The summed E-state index contributed by atoms with van der Waals surface area (Å²) in [4.78, 5) is 19.7. The van der Waals surface area contributed by atoms with Gasteiger partial charge in [0.2, 0.25) is 0 Å². The number of aliphatic carboxylic acids is 1. The topological polar surface area (TPSA) is 66.4 Å². The molecule has 4 heteroatoms. The van der Waals surface area contributed by atoms with E-state index in [1.165, 1.54) is 0 Å². The van der Waals surface area contributed by atoms with Gasteiger partial charge in [0.05, 0.1) is 6.54 Å². The number of piperidine rings is 1. The minimum Gasteiger partial charge on any atom is -0.481 e. The third-order valence-corrected chi connectivity index (χ3v) is 1.60. The molecule has 4 nitrogen and oxygen atoms in total. The summed E-state index contributed by atoms with van der Waals surface area (Å²) in [6, 6.07) is 0. The molecule has 0 saturated carbocycles. The molecule has 0 amide bonds. The zero-order valence-corrected chi connectivity index (χ0v) is 7.46. The van der Waals surface area contributed by atoms with E-state index in [0.717, 1.165) is 19.9 Å². The van der Waals surface area contributed by atoms with Gasteiger partial charge < -0.3 is 10.4 Å². The van der Waals surface area contributed by atoms with E-state index in [4.69, 9.17) is 9.90 Å². The monoisotopic (exact) mass is 173 g/mol. The molecule has 0 spiro atoms. The molecule has 1 saturated heterocycles. The van der Waals surface area contributed by atoms with E-state index in [-0.39, 0.29) is 0 Å². The Morgan fingerprint density at radius 1 is 1.67 bits per heavy atom. The van der Waals surface area contributed by atoms with Crippen LogP contribution in [0.1, 0.15) is 20.3 Å². The molecule has 0 radical (unpaired) electrons. The van der Waals surface area contributed by atoms with Crippen molar-refractivity contribution in [2.45, 2.75) is 20.3 Å². The molecule has 0 aliphatic carbocycles. The first kappa shape index (κ1) is 11.1. The zero-order valence-electron chi connectivity index (χ0n) is 7.46. The molecule has 0 aromatic carbocycles. The highest BCUT2D eigenvalue weighted by molar-refractivity contribution is 5.83. The summed E-state index contributed by atoms with van der Waals surface area (Å²) in [5.74, 6) is -0.174. The summed E-state index contributed by atoms with van der Waals surface area (Å²) in [7, 11) is 0. The largest absolute Gasteiger partial charge is 0.481 e. The van der Waals surface area contributed by atoms with E-state index in [0.29, 0.717) is 18.2 Å². The van der Waals surface area contributed by atoms with Gasteiger partial charge in [-0.15, -0.1) is 0 Å². The lowest BCUT2D eigenvalue weighted by Gasteiger charge is -2.16. The van der Waals surface area contributed by atoms with Crippen molar-refractivity contribution in [2.24, 2.45) is 5.92 Å². The third kappa shape index (κ3) is 5.85. The van der Waals surface area contributed by atoms with Crippen LogP contribution in [0.2, 0.25) is 0 Å². The Labute approximate surface area is 72.0 Å². The van der Waals surface area contributed by atoms with Gasteiger partial charge in [0.1, 0.15) is 5.78 Å². The predicted molar refractivity (Wildman–Crippen MR) is 45.0 cm³/mol. The summed E-state index contributed by atoms with van der Waals surface area (Å²) >= 11 is 0. The minimum atomic E-state index is -0.833. The summed E-state index contributed by atoms with van der Waals surface area (Å²) in [5, 5.41) is 10.4. The first-order valence-electron chi connectivity index (χ1n) is 3.97. The van der Waals surface area contributed by atoms with Crippen molar-refractivity contribution < 1.29 is 14.7 Å². The van der Waals surface area contributed by atoms with Crippen LogP contribution in [0.25, 0.3) is 0 Å². The molecule has 1 fully saturated rings. The Morgan fingerprint density at radius 3 is 2.42 bits per heavy atom.